The minimum absolute atomic E-state index is 0.0909. The van der Waals surface area contributed by atoms with Gasteiger partial charge in [0.05, 0.1) is 7.11 Å². The number of rotatable bonds is 12. The Morgan fingerprint density at radius 1 is 1.00 bits per heavy atom. The minimum atomic E-state index is -0.575. The Morgan fingerprint density at radius 3 is 2.05 bits per heavy atom. The monoisotopic (exact) mass is 296 g/mol. The fourth-order valence-corrected chi connectivity index (χ4v) is 2.14. The maximum atomic E-state index is 10.9. The molecule has 0 aromatic carbocycles. The summed E-state index contributed by atoms with van der Waals surface area (Å²) >= 11 is 0. The highest BCUT2D eigenvalue weighted by atomic mass is 16.5. The second-order valence-corrected chi connectivity index (χ2v) is 5.30. The molecule has 0 rings (SSSR count). The molecule has 0 fully saturated rings. The Labute approximate surface area is 128 Å². The standard InChI is InChI=1S/C17H28O4/c1-4-16(18)21-15(2)13-11-9-7-5-6-8-10-12-14-17(19)20-3/h1,15H,5-14H2,2-3H3. The molecule has 21 heavy (non-hydrogen) atoms. The average molecular weight is 296 g/mol. The molecule has 0 saturated carbocycles. The number of ether oxygens (including phenoxy) is 2. The smallest absolute Gasteiger partial charge is 0.384 e. The number of hydrogen-bond acceptors (Lipinski definition) is 4. The summed E-state index contributed by atoms with van der Waals surface area (Å²) in [6.07, 6.45) is 15.3. The molecule has 0 aliphatic carbocycles. The summed E-state index contributed by atoms with van der Waals surface area (Å²) in [5.74, 6) is 1.26. The summed E-state index contributed by atoms with van der Waals surface area (Å²) in [6.45, 7) is 1.87. The number of terminal acetylenes is 1. The molecule has 0 spiro atoms. The second kappa shape index (κ2) is 13.5. The van der Waals surface area contributed by atoms with Gasteiger partial charge in [-0.15, -0.1) is 6.42 Å². The van der Waals surface area contributed by atoms with E-state index >= 15 is 0 Å². The number of esters is 2. The largest absolute Gasteiger partial charge is 0.469 e. The highest BCUT2D eigenvalue weighted by Gasteiger charge is 2.06. The van der Waals surface area contributed by atoms with Crippen molar-refractivity contribution in [2.75, 3.05) is 7.11 Å². The third-order valence-electron chi connectivity index (χ3n) is 3.40. The molecule has 0 amide bonds. The second-order valence-electron chi connectivity index (χ2n) is 5.30. The molecule has 120 valence electrons. The van der Waals surface area contributed by atoms with E-state index in [0.717, 1.165) is 32.1 Å². The number of methoxy groups -OCH3 is 1. The lowest BCUT2D eigenvalue weighted by Crippen LogP contribution is -2.12. The van der Waals surface area contributed by atoms with E-state index in [1.165, 1.54) is 32.8 Å². The Bertz CT molecular complexity index is 330. The molecule has 0 saturated heterocycles. The van der Waals surface area contributed by atoms with Crippen LogP contribution in [0.1, 0.15) is 71.1 Å². The fourth-order valence-electron chi connectivity index (χ4n) is 2.14. The van der Waals surface area contributed by atoms with Crippen LogP contribution < -0.4 is 0 Å². The zero-order valence-corrected chi connectivity index (χ0v) is 13.4. The molecule has 0 bridgehead atoms. The van der Waals surface area contributed by atoms with Gasteiger partial charge in [-0.25, -0.2) is 4.79 Å². The fraction of sp³-hybridized carbons (Fsp3) is 0.765. The summed E-state index contributed by atoms with van der Waals surface area (Å²) in [6, 6.07) is 0. The first-order valence-electron chi connectivity index (χ1n) is 7.84. The molecular weight excluding hydrogens is 268 g/mol. The number of carbonyl (C=O) groups excluding carboxylic acids is 2. The maximum Gasteiger partial charge on any atom is 0.384 e. The van der Waals surface area contributed by atoms with Crippen LogP contribution in [0, 0.1) is 12.3 Å². The quantitative estimate of drug-likeness (QED) is 0.239. The topological polar surface area (TPSA) is 52.6 Å². The molecule has 4 nitrogen and oxygen atoms in total. The van der Waals surface area contributed by atoms with Crippen molar-refractivity contribution in [3.05, 3.63) is 0 Å². The lowest BCUT2D eigenvalue weighted by atomic mass is 10.1. The summed E-state index contributed by atoms with van der Waals surface area (Å²) in [7, 11) is 1.43. The van der Waals surface area contributed by atoms with Gasteiger partial charge in [-0.05, 0) is 26.2 Å². The highest BCUT2D eigenvalue weighted by molar-refractivity contribution is 5.87. The number of unbranched alkanes of at least 4 members (excludes halogenated alkanes) is 7. The first kappa shape index (κ1) is 19.5. The van der Waals surface area contributed by atoms with E-state index in [4.69, 9.17) is 11.2 Å². The Morgan fingerprint density at radius 2 is 1.52 bits per heavy atom. The first-order valence-corrected chi connectivity index (χ1v) is 7.84. The van der Waals surface area contributed by atoms with Gasteiger partial charge in [0.25, 0.3) is 0 Å². The van der Waals surface area contributed by atoms with E-state index in [2.05, 4.69) is 4.74 Å². The highest BCUT2D eigenvalue weighted by Crippen LogP contribution is 2.12. The first-order chi connectivity index (χ1) is 10.1. The van der Waals surface area contributed by atoms with Crippen LogP contribution in [0.2, 0.25) is 0 Å². The van der Waals surface area contributed by atoms with Crippen molar-refractivity contribution >= 4 is 11.9 Å². The summed E-state index contributed by atoms with van der Waals surface area (Å²) in [4.78, 5) is 21.8. The van der Waals surface area contributed by atoms with Crippen LogP contribution in [-0.2, 0) is 19.1 Å². The van der Waals surface area contributed by atoms with Crippen molar-refractivity contribution in [3.63, 3.8) is 0 Å². The Hall–Kier alpha value is -1.50. The van der Waals surface area contributed by atoms with Gasteiger partial charge < -0.3 is 9.47 Å². The van der Waals surface area contributed by atoms with Crippen molar-refractivity contribution in [2.45, 2.75) is 77.2 Å². The van der Waals surface area contributed by atoms with Gasteiger partial charge in [0.15, 0.2) is 0 Å². The summed E-state index contributed by atoms with van der Waals surface area (Å²) in [5, 5.41) is 0. The van der Waals surface area contributed by atoms with Crippen LogP contribution in [0.5, 0.6) is 0 Å². The predicted molar refractivity (Wildman–Crippen MR) is 82.6 cm³/mol. The predicted octanol–water partition coefficient (Wildman–Crippen LogP) is 3.63. The van der Waals surface area contributed by atoms with Gasteiger partial charge in [-0.3, -0.25) is 4.79 Å². The number of hydrogen-bond donors (Lipinski definition) is 0. The SMILES string of the molecule is C#CC(=O)OC(C)CCCCCCCCCCC(=O)OC. The normalized spacial score (nSPS) is 11.5. The van der Waals surface area contributed by atoms with Crippen molar-refractivity contribution in [2.24, 2.45) is 0 Å². The van der Waals surface area contributed by atoms with Gasteiger partial charge in [-0.2, -0.15) is 0 Å². The molecule has 0 N–H and O–H groups in total. The molecule has 0 aliphatic rings. The van der Waals surface area contributed by atoms with Crippen LogP contribution in [-0.4, -0.2) is 25.2 Å². The van der Waals surface area contributed by atoms with Crippen molar-refractivity contribution in [1.29, 1.82) is 0 Å². The van der Waals surface area contributed by atoms with E-state index in [-0.39, 0.29) is 12.1 Å². The van der Waals surface area contributed by atoms with Crippen molar-refractivity contribution in [1.82, 2.24) is 0 Å². The lowest BCUT2D eigenvalue weighted by molar-refractivity contribution is -0.142. The van der Waals surface area contributed by atoms with Crippen molar-refractivity contribution in [3.8, 4) is 12.3 Å². The Balaban J connectivity index is 3.24. The zero-order chi connectivity index (χ0) is 15.9. The molecule has 0 aliphatic heterocycles. The molecule has 0 aromatic rings. The molecular formula is C17H28O4. The van der Waals surface area contributed by atoms with Crippen LogP contribution in [0.25, 0.3) is 0 Å². The van der Waals surface area contributed by atoms with Gasteiger partial charge in [0.1, 0.15) is 6.10 Å². The van der Waals surface area contributed by atoms with Gasteiger partial charge in [0.2, 0.25) is 0 Å². The lowest BCUT2D eigenvalue weighted by Gasteiger charge is -2.10. The molecule has 0 aromatic heterocycles. The van der Waals surface area contributed by atoms with Gasteiger partial charge >= 0.3 is 11.9 Å². The third-order valence-corrected chi connectivity index (χ3v) is 3.40. The number of carbonyl (C=O) groups is 2. The summed E-state index contributed by atoms with van der Waals surface area (Å²) in [5.41, 5.74) is 0. The van der Waals surface area contributed by atoms with E-state index in [1.54, 1.807) is 0 Å². The zero-order valence-electron chi connectivity index (χ0n) is 13.4. The van der Waals surface area contributed by atoms with E-state index < -0.39 is 5.97 Å². The molecule has 1 atom stereocenters. The summed E-state index contributed by atoms with van der Waals surface area (Å²) < 4.78 is 9.58. The van der Waals surface area contributed by atoms with Crippen LogP contribution in [0.4, 0.5) is 0 Å². The van der Waals surface area contributed by atoms with E-state index in [0.29, 0.717) is 6.42 Å². The van der Waals surface area contributed by atoms with Gasteiger partial charge in [-0.1, -0.05) is 38.5 Å². The van der Waals surface area contributed by atoms with Crippen LogP contribution in [0.3, 0.4) is 0 Å². The average Bonchev–Trinajstić information content (AvgIpc) is 2.48. The third kappa shape index (κ3) is 13.2. The minimum Gasteiger partial charge on any atom is -0.469 e. The molecule has 0 radical (unpaired) electrons. The van der Waals surface area contributed by atoms with Crippen LogP contribution in [0.15, 0.2) is 0 Å². The van der Waals surface area contributed by atoms with Crippen molar-refractivity contribution < 1.29 is 19.1 Å². The van der Waals surface area contributed by atoms with E-state index in [1.807, 2.05) is 12.8 Å². The van der Waals surface area contributed by atoms with E-state index in [9.17, 15) is 9.59 Å². The molecule has 4 heteroatoms. The maximum absolute atomic E-state index is 10.9. The van der Waals surface area contributed by atoms with Crippen LogP contribution >= 0.6 is 0 Å². The molecule has 0 heterocycles. The van der Waals surface area contributed by atoms with Gasteiger partial charge in [0, 0.05) is 12.3 Å². The Kier molecular flexibility index (Phi) is 12.5. The molecule has 1 unspecified atom stereocenters.